The molecule has 2 aromatic heterocycles. The summed E-state index contributed by atoms with van der Waals surface area (Å²) < 4.78 is 12.9. The maximum atomic E-state index is 10.9. The molecule has 1 aliphatic rings. The third-order valence-corrected chi connectivity index (χ3v) is 8.16. The SMILES string of the molecule is COCC1OC(n2cnc3c(NCC(c4ccccc4)c4ccccc4)nc(CNCc4ccc(CN)cc4)nc32)C(O)C1O. The van der Waals surface area contributed by atoms with Crippen molar-refractivity contribution < 1.29 is 19.7 Å². The Labute approximate surface area is 262 Å². The van der Waals surface area contributed by atoms with Crippen molar-refractivity contribution in [3.8, 4) is 0 Å². The zero-order valence-electron chi connectivity index (χ0n) is 25.2. The number of hydrogen-bond donors (Lipinski definition) is 5. The molecule has 0 amide bonds. The van der Waals surface area contributed by atoms with Crippen LogP contribution in [0.25, 0.3) is 11.2 Å². The Bertz CT molecular complexity index is 1630. The highest BCUT2D eigenvalue weighted by Gasteiger charge is 2.44. The van der Waals surface area contributed by atoms with Gasteiger partial charge in [0.25, 0.3) is 0 Å². The summed E-state index contributed by atoms with van der Waals surface area (Å²) in [6.45, 7) is 2.21. The lowest BCUT2D eigenvalue weighted by atomic mass is 9.91. The molecule has 0 bridgehead atoms. The first-order valence-electron chi connectivity index (χ1n) is 15.1. The molecule has 3 aromatic carbocycles. The number of fused-ring (bicyclic) bond motifs is 1. The monoisotopic (exact) mass is 609 g/mol. The number of aromatic nitrogens is 4. The van der Waals surface area contributed by atoms with Gasteiger partial charge < -0.3 is 36.1 Å². The number of imidazole rings is 1. The van der Waals surface area contributed by atoms with Gasteiger partial charge >= 0.3 is 0 Å². The number of ether oxygens (including phenoxy) is 2. The summed E-state index contributed by atoms with van der Waals surface area (Å²) in [6, 6.07) is 28.8. The average molecular weight is 610 g/mol. The van der Waals surface area contributed by atoms with Gasteiger partial charge in [0.2, 0.25) is 0 Å². The van der Waals surface area contributed by atoms with Crippen molar-refractivity contribution in [1.82, 2.24) is 24.8 Å². The van der Waals surface area contributed by atoms with E-state index in [-0.39, 0.29) is 12.5 Å². The Morgan fingerprint density at radius 1 is 0.889 bits per heavy atom. The molecule has 0 radical (unpaired) electrons. The first-order chi connectivity index (χ1) is 22.1. The predicted octanol–water partition coefficient (Wildman–Crippen LogP) is 3.08. The molecule has 6 rings (SSSR count). The van der Waals surface area contributed by atoms with Crippen LogP contribution in [0.3, 0.4) is 0 Å². The smallest absolute Gasteiger partial charge is 0.168 e. The van der Waals surface area contributed by atoms with E-state index in [0.717, 1.165) is 11.1 Å². The number of nitrogens with two attached hydrogens (primary N) is 1. The van der Waals surface area contributed by atoms with Crippen LogP contribution in [0, 0.1) is 0 Å². The van der Waals surface area contributed by atoms with Gasteiger partial charge in [-0.25, -0.2) is 15.0 Å². The normalized spacial score (nSPS) is 19.8. The standard InChI is InChI=1S/C34H39N7O4/c1-44-20-27-30(42)31(43)34(45-27)41-21-38-29-32(37-18-26(24-8-4-2-5-9-24)25-10-6-3-7-11-25)39-28(40-33(29)41)19-36-17-23-14-12-22(16-35)13-15-23/h2-15,21,26-27,30-31,34,36,42-43H,16-20,35H2,1H3,(H,37,39,40). The van der Waals surface area contributed by atoms with E-state index in [1.807, 2.05) is 48.5 Å². The van der Waals surface area contributed by atoms with Crippen LogP contribution in [0.15, 0.2) is 91.3 Å². The van der Waals surface area contributed by atoms with Crippen LogP contribution in [0.4, 0.5) is 5.82 Å². The van der Waals surface area contributed by atoms with Crippen molar-refractivity contribution in [1.29, 1.82) is 0 Å². The Morgan fingerprint density at radius 2 is 1.56 bits per heavy atom. The number of benzene rings is 3. The molecule has 3 heterocycles. The zero-order chi connectivity index (χ0) is 31.2. The van der Waals surface area contributed by atoms with Gasteiger partial charge in [0.1, 0.15) is 24.1 Å². The van der Waals surface area contributed by atoms with Crippen molar-refractivity contribution in [2.75, 3.05) is 25.6 Å². The molecular formula is C34H39N7O4. The van der Waals surface area contributed by atoms with Gasteiger partial charge in [-0.2, -0.15) is 0 Å². The second-order valence-corrected chi connectivity index (χ2v) is 11.2. The molecule has 4 atom stereocenters. The van der Waals surface area contributed by atoms with Crippen LogP contribution in [0.2, 0.25) is 0 Å². The summed E-state index contributed by atoms with van der Waals surface area (Å²) in [5, 5.41) is 28.5. The minimum atomic E-state index is -1.19. The molecule has 1 aliphatic heterocycles. The summed E-state index contributed by atoms with van der Waals surface area (Å²) in [7, 11) is 1.53. The van der Waals surface area contributed by atoms with Gasteiger partial charge in [-0.15, -0.1) is 0 Å². The largest absolute Gasteiger partial charge is 0.387 e. The number of aliphatic hydroxyl groups excluding tert-OH is 2. The van der Waals surface area contributed by atoms with E-state index >= 15 is 0 Å². The number of hydrogen-bond acceptors (Lipinski definition) is 10. The van der Waals surface area contributed by atoms with Gasteiger partial charge in [0, 0.05) is 32.7 Å². The number of aliphatic hydroxyl groups is 2. The average Bonchev–Trinajstić information content (AvgIpc) is 3.62. The maximum Gasteiger partial charge on any atom is 0.168 e. The fraction of sp³-hybridized carbons (Fsp3) is 0.324. The topological polar surface area (TPSA) is 153 Å². The first-order valence-corrected chi connectivity index (χ1v) is 15.1. The number of rotatable bonds is 13. The fourth-order valence-corrected chi connectivity index (χ4v) is 5.72. The van der Waals surface area contributed by atoms with Crippen LogP contribution in [0.5, 0.6) is 0 Å². The lowest BCUT2D eigenvalue weighted by molar-refractivity contribution is -0.0580. The van der Waals surface area contributed by atoms with Gasteiger partial charge in [-0.3, -0.25) is 4.57 Å². The van der Waals surface area contributed by atoms with Crippen LogP contribution in [0.1, 0.15) is 40.2 Å². The molecule has 11 heteroatoms. The first kappa shape index (κ1) is 30.8. The van der Waals surface area contributed by atoms with Gasteiger partial charge in [-0.1, -0.05) is 84.9 Å². The van der Waals surface area contributed by atoms with Crippen LogP contribution in [-0.2, 0) is 29.1 Å². The van der Waals surface area contributed by atoms with Gasteiger partial charge in [0.05, 0.1) is 19.5 Å². The molecule has 1 saturated heterocycles. The third-order valence-electron chi connectivity index (χ3n) is 8.16. The lowest BCUT2D eigenvalue weighted by Crippen LogP contribution is -2.33. The van der Waals surface area contributed by atoms with E-state index in [4.69, 9.17) is 25.2 Å². The Hall–Kier alpha value is -4.23. The molecule has 11 nitrogen and oxygen atoms in total. The van der Waals surface area contributed by atoms with E-state index < -0.39 is 24.5 Å². The molecule has 0 saturated carbocycles. The van der Waals surface area contributed by atoms with Crippen LogP contribution < -0.4 is 16.4 Å². The minimum Gasteiger partial charge on any atom is -0.387 e. The van der Waals surface area contributed by atoms with Gasteiger partial charge in [0.15, 0.2) is 23.2 Å². The summed E-state index contributed by atoms with van der Waals surface area (Å²) in [6.07, 6.45) is -2.31. The molecular weight excluding hydrogens is 570 g/mol. The summed E-state index contributed by atoms with van der Waals surface area (Å²) in [5.74, 6) is 1.17. The molecule has 5 aromatic rings. The number of methoxy groups -OCH3 is 1. The van der Waals surface area contributed by atoms with Crippen LogP contribution in [-0.4, -0.2) is 68.3 Å². The lowest BCUT2D eigenvalue weighted by Gasteiger charge is -2.20. The van der Waals surface area contributed by atoms with Crippen molar-refractivity contribution in [2.45, 2.75) is 50.1 Å². The molecule has 4 unspecified atom stereocenters. The highest BCUT2D eigenvalue weighted by Crippen LogP contribution is 2.33. The van der Waals surface area contributed by atoms with E-state index in [9.17, 15) is 10.2 Å². The Morgan fingerprint density at radius 3 is 2.20 bits per heavy atom. The molecule has 45 heavy (non-hydrogen) atoms. The highest BCUT2D eigenvalue weighted by atomic mass is 16.6. The Kier molecular flexibility index (Phi) is 9.75. The third kappa shape index (κ3) is 6.89. The summed E-state index contributed by atoms with van der Waals surface area (Å²) in [5.41, 5.74) is 11.3. The fourth-order valence-electron chi connectivity index (χ4n) is 5.72. The second-order valence-electron chi connectivity index (χ2n) is 11.2. The Balaban J connectivity index is 1.31. The highest BCUT2D eigenvalue weighted by molar-refractivity contribution is 5.83. The van der Waals surface area contributed by atoms with Crippen molar-refractivity contribution >= 4 is 17.0 Å². The predicted molar refractivity (Wildman–Crippen MR) is 171 cm³/mol. The summed E-state index contributed by atoms with van der Waals surface area (Å²) in [4.78, 5) is 14.4. The van der Waals surface area contributed by atoms with Crippen molar-refractivity contribution in [2.24, 2.45) is 5.73 Å². The second kappa shape index (κ2) is 14.2. The van der Waals surface area contributed by atoms with Crippen molar-refractivity contribution in [3.05, 3.63) is 119 Å². The zero-order valence-corrected chi connectivity index (χ0v) is 25.2. The van der Waals surface area contributed by atoms with E-state index in [0.29, 0.717) is 49.0 Å². The maximum absolute atomic E-state index is 10.9. The van der Waals surface area contributed by atoms with Crippen molar-refractivity contribution in [3.63, 3.8) is 0 Å². The molecule has 0 aliphatic carbocycles. The van der Waals surface area contributed by atoms with E-state index in [1.165, 1.54) is 18.2 Å². The number of nitrogens with one attached hydrogen (secondary N) is 2. The quantitative estimate of drug-likeness (QED) is 0.135. The van der Waals surface area contributed by atoms with E-state index in [2.05, 4.69) is 52.0 Å². The molecule has 234 valence electrons. The number of anilines is 1. The summed E-state index contributed by atoms with van der Waals surface area (Å²) >= 11 is 0. The minimum absolute atomic E-state index is 0.0579. The molecule has 1 fully saturated rings. The van der Waals surface area contributed by atoms with Gasteiger partial charge in [-0.05, 0) is 22.3 Å². The molecule has 6 N–H and O–H groups in total. The van der Waals surface area contributed by atoms with Crippen LogP contribution >= 0.6 is 0 Å². The van der Waals surface area contributed by atoms with E-state index in [1.54, 1.807) is 10.9 Å². The molecule has 0 spiro atoms. The number of nitrogens with zero attached hydrogens (tertiary/aromatic N) is 4.